The van der Waals surface area contributed by atoms with E-state index in [-0.39, 0.29) is 23.2 Å². The summed E-state index contributed by atoms with van der Waals surface area (Å²) in [5.74, 6) is -1.50. The molecule has 0 saturated carbocycles. The van der Waals surface area contributed by atoms with Crippen LogP contribution in [0, 0.1) is 0 Å². The summed E-state index contributed by atoms with van der Waals surface area (Å²) in [6, 6.07) is 4.19. The lowest BCUT2D eigenvalue weighted by Crippen LogP contribution is -2.70. The molecule has 2 N–H and O–H groups in total. The smallest absolute Gasteiger partial charge is 0.352 e. The fourth-order valence-electron chi connectivity index (χ4n) is 2.73. The Morgan fingerprint density at radius 3 is 2.78 bits per heavy atom. The second kappa shape index (κ2) is 8.53. The third-order valence-corrected chi connectivity index (χ3v) is 7.37. The molecule has 2 amide bonds. The summed E-state index contributed by atoms with van der Waals surface area (Å²) in [6.45, 7) is 0. The lowest BCUT2D eigenvalue weighted by Gasteiger charge is -2.49. The summed E-state index contributed by atoms with van der Waals surface area (Å²) >= 11 is 20.4. The Morgan fingerprint density at radius 1 is 1.37 bits per heavy atom. The zero-order valence-electron chi connectivity index (χ0n) is 13.6. The van der Waals surface area contributed by atoms with Crippen molar-refractivity contribution in [1.29, 1.82) is 0 Å². The number of aliphatic carboxylic acids is 1. The van der Waals surface area contributed by atoms with Gasteiger partial charge in [-0.1, -0.05) is 23.2 Å². The number of carbonyl (C=O) groups excluding carboxylic acids is 2. The van der Waals surface area contributed by atoms with Crippen molar-refractivity contribution in [3.8, 4) is 0 Å². The molecule has 27 heavy (non-hydrogen) atoms. The number of hydrogen-bond acceptors (Lipinski definition) is 5. The molecule has 1 saturated heterocycles. The number of rotatable bonds is 6. The van der Waals surface area contributed by atoms with E-state index in [9.17, 15) is 19.5 Å². The number of carbonyl (C=O) groups is 3. The Labute approximate surface area is 178 Å². The van der Waals surface area contributed by atoms with Crippen molar-refractivity contribution in [3.63, 3.8) is 0 Å². The number of benzene rings is 1. The molecule has 2 heterocycles. The molecular formula is C16H13Cl3N2O4S2. The van der Waals surface area contributed by atoms with Crippen LogP contribution in [0.15, 0.2) is 34.4 Å². The third-order valence-electron chi connectivity index (χ3n) is 3.98. The van der Waals surface area contributed by atoms with Gasteiger partial charge in [0.1, 0.15) is 17.1 Å². The number of thioether (sulfide) groups is 2. The molecule has 0 bridgehead atoms. The van der Waals surface area contributed by atoms with Crippen LogP contribution in [0.25, 0.3) is 0 Å². The monoisotopic (exact) mass is 466 g/mol. The van der Waals surface area contributed by atoms with Crippen LogP contribution < -0.4 is 5.32 Å². The normalized spacial score (nSPS) is 21.6. The van der Waals surface area contributed by atoms with Crippen molar-refractivity contribution in [1.82, 2.24) is 10.2 Å². The molecule has 2 atom stereocenters. The number of carboxylic acids is 1. The Balaban J connectivity index is 1.62. The van der Waals surface area contributed by atoms with E-state index >= 15 is 0 Å². The molecule has 144 valence electrons. The minimum atomic E-state index is -1.19. The number of hydrogen-bond donors (Lipinski definition) is 2. The first-order valence-corrected chi connectivity index (χ1v) is 11.0. The highest BCUT2D eigenvalue weighted by atomic mass is 35.5. The van der Waals surface area contributed by atoms with Gasteiger partial charge < -0.3 is 10.4 Å². The van der Waals surface area contributed by atoms with Crippen LogP contribution >= 0.6 is 58.3 Å². The van der Waals surface area contributed by atoms with Gasteiger partial charge in [0, 0.05) is 21.6 Å². The molecule has 0 unspecified atom stereocenters. The number of nitrogens with zero attached hydrogens (tertiary/aromatic N) is 1. The number of β-lactam (4-membered cyclic amide) rings is 1. The molecule has 1 aromatic rings. The number of alkyl halides is 1. The molecule has 2 aliphatic rings. The summed E-state index contributed by atoms with van der Waals surface area (Å²) in [5.41, 5.74) is 0.416. The summed E-state index contributed by atoms with van der Waals surface area (Å²) in [6.07, 6.45) is 0. The minimum Gasteiger partial charge on any atom is -0.477 e. The highest BCUT2D eigenvalue weighted by Crippen LogP contribution is 2.40. The maximum Gasteiger partial charge on any atom is 0.352 e. The van der Waals surface area contributed by atoms with Crippen LogP contribution in [0.3, 0.4) is 0 Å². The molecule has 3 rings (SSSR count). The van der Waals surface area contributed by atoms with Gasteiger partial charge in [0.15, 0.2) is 0 Å². The average molecular weight is 468 g/mol. The standard InChI is InChI=1S/C16H13Cl3N2O4S2/c17-4-7-5-27-15-12(14(23)21(15)13(7)16(24)25)20-11(22)6-26-10-3-8(18)1-2-9(10)19/h1-3,12,15H,4-6H2,(H,20,22)(H,24,25)/t12-,15-/m0/s1. The van der Waals surface area contributed by atoms with Crippen molar-refractivity contribution in [2.75, 3.05) is 17.4 Å². The van der Waals surface area contributed by atoms with Crippen molar-refractivity contribution < 1.29 is 19.5 Å². The molecule has 2 aliphatic heterocycles. The van der Waals surface area contributed by atoms with E-state index in [1.807, 2.05) is 0 Å². The summed E-state index contributed by atoms with van der Waals surface area (Å²) < 4.78 is 0. The van der Waals surface area contributed by atoms with Crippen LogP contribution in [-0.4, -0.2) is 56.6 Å². The molecule has 0 aromatic heterocycles. The van der Waals surface area contributed by atoms with Crippen LogP contribution in [0.5, 0.6) is 0 Å². The average Bonchev–Trinajstić information content (AvgIpc) is 2.65. The van der Waals surface area contributed by atoms with Crippen molar-refractivity contribution in [3.05, 3.63) is 39.5 Å². The van der Waals surface area contributed by atoms with E-state index in [1.54, 1.807) is 18.2 Å². The Morgan fingerprint density at radius 2 is 2.11 bits per heavy atom. The van der Waals surface area contributed by atoms with Gasteiger partial charge >= 0.3 is 5.97 Å². The Hall–Kier alpha value is -1.06. The predicted octanol–water partition coefficient (Wildman–Crippen LogP) is 3.06. The second-order valence-corrected chi connectivity index (χ2v) is 8.94. The SMILES string of the molecule is O=C(CSc1cc(Cl)ccc1Cl)N[C@H]1C(=O)N2C(C(=O)O)=C(CCl)CS[C@@H]12. The zero-order chi connectivity index (χ0) is 19.7. The summed E-state index contributed by atoms with van der Waals surface area (Å²) in [7, 11) is 0. The Bertz CT molecular complexity index is 849. The minimum absolute atomic E-state index is 0.0409. The van der Waals surface area contributed by atoms with Gasteiger partial charge in [0.05, 0.1) is 10.8 Å². The van der Waals surface area contributed by atoms with Gasteiger partial charge in [-0.15, -0.1) is 35.1 Å². The maximum atomic E-state index is 12.4. The molecule has 0 radical (unpaired) electrons. The first kappa shape index (κ1) is 20.7. The van der Waals surface area contributed by atoms with Gasteiger partial charge in [-0.2, -0.15) is 0 Å². The van der Waals surface area contributed by atoms with Crippen LogP contribution in [0.4, 0.5) is 0 Å². The van der Waals surface area contributed by atoms with Gasteiger partial charge in [-0.25, -0.2) is 4.79 Å². The molecule has 6 nitrogen and oxygen atoms in total. The number of carboxylic acid groups (broad SMARTS) is 1. The van der Waals surface area contributed by atoms with E-state index in [0.717, 1.165) is 0 Å². The molecule has 1 fully saturated rings. The molecule has 1 aromatic carbocycles. The van der Waals surface area contributed by atoms with E-state index in [0.29, 0.717) is 26.3 Å². The van der Waals surface area contributed by atoms with E-state index in [4.69, 9.17) is 34.8 Å². The number of fused-ring (bicyclic) bond motifs is 1. The lowest BCUT2D eigenvalue weighted by molar-refractivity contribution is -0.150. The zero-order valence-corrected chi connectivity index (χ0v) is 17.5. The molecule has 0 spiro atoms. The number of nitrogens with one attached hydrogen (secondary N) is 1. The molecular weight excluding hydrogens is 455 g/mol. The molecule has 0 aliphatic carbocycles. The highest BCUT2D eigenvalue weighted by molar-refractivity contribution is 8.00. The van der Waals surface area contributed by atoms with Crippen LogP contribution in [-0.2, 0) is 14.4 Å². The summed E-state index contributed by atoms with van der Waals surface area (Å²) in [4.78, 5) is 38.0. The van der Waals surface area contributed by atoms with Gasteiger partial charge in [0.2, 0.25) is 5.91 Å². The number of amides is 2. The van der Waals surface area contributed by atoms with Crippen molar-refractivity contribution >= 4 is 76.1 Å². The second-order valence-electron chi connectivity index (χ2n) is 5.71. The first-order chi connectivity index (χ1) is 12.8. The fraction of sp³-hybridized carbons (Fsp3) is 0.312. The fourth-order valence-corrected chi connectivity index (χ4v) is 5.72. The lowest BCUT2D eigenvalue weighted by atomic mass is 10.0. The number of halogens is 3. The predicted molar refractivity (Wildman–Crippen MR) is 108 cm³/mol. The summed E-state index contributed by atoms with van der Waals surface area (Å²) in [5, 5.41) is 12.6. The van der Waals surface area contributed by atoms with E-state index < -0.39 is 23.3 Å². The topological polar surface area (TPSA) is 86.7 Å². The van der Waals surface area contributed by atoms with E-state index in [1.165, 1.54) is 28.4 Å². The first-order valence-electron chi connectivity index (χ1n) is 7.66. The van der Waals surface area contributed by atoms with Gasteiger partial charge in [-0.05, 0) is 23.8 Å². The highest BCUT2D eigenvalue weighted by Gasteiger charge is 2.53. The Kier molecular flexibility index (Phi) is 6.53. The van der Waals surface area contributed by atoms with E-state index in [2.05, 4.69) is 5.32 Å². The molecule has 11 heteroatoms. The van der Waals surface area contributed by atoms with Crippen molar-refractivity contribution in [2.45, 2.75) is 16.3 Å². The van der Waals surface area contributed by atoms with Gasteiger partial charge in [0.25, 0.3) is 5.91 Å². The van der Waals surface area contributed by atoms with Crippen molar-refractivity contribution in [2.24, 2.45) is 0 Å². The quantitative estimate of drug-likeness (QED) is 0.380. The third kappa shape index (κ3) is 4.19. The maximum absolute atomic E-state index is 12.4. The van der Waals surface area contributed by atoms with Crippen LogP contribution in [0.1, 0.15) is 0 Å². The largest absolute Gasteiger partial charge is 0.477 e. The van der Waals surface area contributed by atoms with Gasteiger partial charge in [-0.3, -0.25) is 14.5 Å². The van der Waals surface area contributed by atoms with Crippen LogP contribution in [0.2, 0.25) is 10.0 Å².